The number of rotatable bonds is 2. The highest BCUT2D eigenvalue weighted by atomic mass is 16.1. The van der Waals surface area contributed by atoms with Gasteiger partial charge in [0, 0.05) is 11.8 Å². The molecule has 1 N–H and O–H groups in total. The Balaban J connectivity index is 3.28. The molecule has 0 aromatic carbocycles. The lowest BCUT2D eigenvalue weighted by atomic mass is 9.98. The molecule has 0 aliphatic rings. The van der Waals surface area contributed by atoms with E-state index in [0.29, 0.717) is 5.92 Å². The maximum atomic E-state index is 11.3. The van der Waals surface area contributed by atoms with Crippen molar-refractivity contribution in [2.45, 2.75) is 33.1 Å². The van der Waals surface area contributed by atoms with Gasteiger partial charge < -0.3 is 4.98 Å². The second kappa shape index (κ2) is 3.57. The summed E-state index contributed by atoms with van der Waals surface area (Å²) in [5.74, 6) is 0.433. The third-order valence-corrected chi connectivity index (χ3v) is 2.08. The van der Waals surface area contributed by atoms with Crippen LogP contribution in [-0.4, -0.2) is 4.98 Å². The fourth-order valence-electron chi connectivity index (χ4n) is 1.43. The molecule has 0 bridgehead atoms. The molecule has 0 atom stereocenters. The Labute approximate surface area is 72.6 Å². The molecule has 0 radical (unpaired) electrons. The molecule has 2 nitrogen and oxygen atoms in total. The van der Waals surface area contributed by atoms with Crippen LogP contribution >= 0.6 is 0 Å². The Morgan fingerprint density at radius 2 is 2.17 bits per heavy atom. The van der Waals surface area contributed by atoms with Gasteiger partial charge in [0.1, 0.15) is 0 Å². The number of nitrogens with one attached hydrogen (secondary N) is 1. The lowest BCUT2D eigenvalue weighted by Crippen LogP contribution is -2.14. The molecule has 1 aromatic heterocycles. The van der Waals surface area contributed by atoms with Crippen molar-refractivity contribution < 1.29 is 0 Å². The van der Waals surface area contributed by atoms with E-state index in [1.807, 2.05) is 13.0 Å². The molecule has 1 heterocycles. The highest BCUT2D eigenvalue weighted by Crippen LogP contribution is 2.15. The van der Waals surface area contributed by atoms with Crippen LogP contribution in [0, 0.1) is 0 Å². The summed E-state index contributed by atoms with van der Waals surface area (Å²) in [5.41, 5.74) is 2.15. The van der Waals surface area contributed by atoms with Gasteiger partial charge in [0.05, 0.1) is 0 Å². The second-order valence-electron chi connectivity index (χ2n) is 3.25. The maximum Gasteiger partial charge on any atom is 0.251 e. The fourth-order valence-corrected chi connectivity index (χ4v) is 1.43. The van der Waals surface area contributed by atoms with E-state index in [4.69, 9.17) is 0 Å². The van der Waals surface area contributed by atoms with Gasteiger partial charge >= 0.3 is 0 Å². The van der Waals surface area contributed by atoms with E-state index in [-0.39, 0.29) is 5.56 Å². The van der Waals surface area contributed by atoms with E-state index >= 15 is 0 Å². The Morgan fingerprint density at radius 1 is 1.50 bits per heavy atom. The third kappa shape index (κ3) is 1.58. The Hall–Kier alpha value is -1.05. The average molecular weight is 165 g/mol. The molecule has 12 heavy (non-hydrogen) atoms. The van der Waals surface area contributed by atoms with Crippen LogP contribution in [0.5, 0.6) is 0 Å². The molecule has 0 unspecified atom stereocenters. The quantitative estimate of drug-likeness (QED) is 0.714. The summed E-state index contributed by atoms with van der Waals surface area (Å²) in [5, 5.41) is 0. The van der Waals surface area contributed by atoms with Crippen molar-refractivity contribution >= 4 is 0 Å². The minimum atomic E-state index is 0.0590. The zero-order valence-electron chi connectivity index (χ0n) is 7.85. The Kier molecular flexibility index (Phi) is 2.69. The van der Waals surface area contributed by atoms with Crippen molar-refractivity contribution in [1.82, 2.24) is 4.98 Å². The zero-order valence-corrected chi connectivity index (χ0v) is 7.85. The van der Waals surface area contributed by atoms with Crippen molar-refractivity contribution in [1.29, 1.82) is 0 Å². The number of hydrogen-bond acceptors (Lipinski definition) is 1. The van der Waals surface area contributed by atoms with Crippen LogP contribution < -0.4 is 5.56 Å². The van der Waals surface area contributed by atoms with Crippen LogP contribution in [0.25, 0.3) is 0 Å². The number of aromatic nitrogens is 1. The highest BCUT2D eigenvalue weighted by Gasteiger charge is 2.07. The molecular weight excluding hydrogens is 150 g/mol. The standard InChI is InChI=1S/C10H15NO/c1-4-8-9(7(2)3)5-6-11-10(8)12/h5-7H,4H2,1-3H3,(H,11,12). The predicted molar refractivity (Wildman–Crippen MR) is 50.5 cm³/mol. The summed E-state index contributed by atoms with van der Waals surface area (Å²) in [6, 6.07) is 1.99. The van der Waals surface area contributed by atoms with Gasteiger partial charge in [0.15, 0.2) is 0 Å². The van der Waals surface area contributed by atoms with E-state index in [1.165, 1.54) is 5.56 Å². The lowest BCUT2D eigenvalue weighted by molar-refractivity contribution is 0.831. The van der Waals surface area contributed by atoms with Crippen LogP contribution in [0.3, 0.4) is 0 Å². The summed E-state index contributed by atoms with van der Waals surface area (Å²) in [6.45, 7) is 6.22. The Bertz CT molecular complexity index is 312. The molecule has 0 fully saturated rings. The van der Waals surface area contributed by atoms with Crippen LogP contribution in [-0.2, 0) is 6.42 Å². The molecular formula is C10H15NO. The molecule has 0 spiro atoms. The minimum absolute atomic E-state index is 0.0590. The number of hydrogen-bond donors (Lipinski definition) is 1. The zero-order chi connectivity index (χ0) is 9.14. The van der Waals surface area contributed by atoms with Gasteiger partial charge in [-0.05, 0) is 24.0 Å². The fraction of sp³-hybridized carbons (Fsp3) is 0.500. The van der Waals surface area contributed by atoms with Gasteiger partial charge in [-0.3, -0.25) is 4.79 Å². The lowest BCUT2D eigenvalue weighted by Gasteiger charge is -2.08. The van der Waals surface area contributed by atoms with Crippen molar-refractivity contribution in [2.75, 3.05) is 0 Å². The smallest absolute Gasteiger partial charge is 0.251 e. The van der Waals surface area contributed by atoms with Gasteiger partial charge in [-0.2, -0.15) is 0 Å². The number of H-pyrrole nitrogens is 1. The van der Waals surface area contributed by atoms with Crippen LogP contribution in [0.15, 0.2) is 17.1 Å². The summed E-state index contributed by atoms with van der Waals surface area (Å²) in [6.07, 6.45) is 2.53. The molecule has 0 aliphatic carbocycles. The van der Waals surface area contributed by atoms with Gasteiger partial charge in [0.25, 0.3) is 5.56 Å². The van der Waals surface area contributed by atoms with Gasteiger partial charge in [0.2, 0.25) is 0 Å². The first-order valence-electron chi connectivity index (χ1n) is 4.37. The summed E-state index contributed by atoms with van der Waals surface area (Å²) in [7, 11) is 0. The average Bonchev–Trinajstić information content (AvgIpc) is 2.03. The van der Waals surface area contributed by atoms with Crippen molar-refractivity contribution in [3.63, 3.8) is 0 Å². The van der Waals surface area contributed by atoms with E-state index in [0.717, 1.165) is 12.0 Å². The molecule has 0 saturated carbocycles. The van der Waals surface area contributed by atoms with Crippen LogP contribution in [0.2, 0.25) is 0 Å². The highest BCUT2D eigenvalue weighted by molar-refractivity contribution is 5.26. The number of aromatic amines is 1. The molecule has 0 amide bonds. The maximum absolute atomic E-state index is 11.3. The Morgan fingerprint density at radius 3 is 2.58 bits per heavy atom. The second-order valence-corrected chi connectivity index (χ2v) is 3.25. The van der Waals surface area contributed by atoms with E-state index < -0.39 is 0 Å². The summed E-state index contributed by atoms with van der Waals surface area (Å²) >= 11 is 0. The van der Waals surface area contributed by atoms with Gasteiger partial charge in [-0.15, -0.1) is 0 Å². The first-order chi connectivity index (χ1) is 5.66. The normalized spacial score (nSPS) is 10.7. The van der Waals surface area contributed by atoms with Crippen molar-refractivity contribution in [3.05, 3.63) is 33.7 Å². The van der Waals surface area contributed by atoms with Crippen molar-refractivity contribution in [3.8, 4) is 0 Å². The first kappa shape index (κ1) is 9.04. The van der Waals surface area contributed by atoms with Gasteiger partial charge in [-0.1, -0.05) is 20.8 Å². The molecule has 66 valence electrons. The van der Waals surface area contributed by atoms with E-state index in [1.54, 1.807) is 6.20 Å². The monoisotopic (exact) mass is 165 g/mol. The predicted octanol–water partition coefficient (Wildman–Crippen LogP) is 2.06. The largest absolute Gasteiger partial charge is 0.329 e. The van der Waals surface area contributed by atoms with E-state index in [9.17, 15) is 4.79 Å². The summed E-state index contributed by atoms with van der Waals surface area (Å²) < 4.78 is 0. The molecule has 1 aromatic rings. The molecule has 0 saturated heterocycles. The van der Waals surface area contributed by atoms with Crippen LogP contribution in [0.4, 0.5) is 0 Å². The summed E-state index contributed by atoms with van der Waals surface area (Å²) in [4.78, 5) is 14.0. The molecule has 2 heteroatoms. The topological polar surface area (TPSA) is 32.9 Å². The van der Waals surface area contributed by atoms with Crippen molar-refractivity contribution in [2.24, 2.45) is 0 Å². The third-order valence-electron chi connectivity index (χ3n) is 2.08. The van der Waals surface area contributed by atoms with Gasteiger partial charge in [-0.25, -0.2) is 0 Å². The first-order valence-corrected chi connectivity index (χ1v) is 4.37. The minimum Gasteiger partial charge on any atom is -0.329 e. The number of pyridine rings is 1. The molecule has 0 aliphatic heterocycles. The SMILES string of the molecule is CCc1c(C(C)C)cc[nH]c1=O. The molecule has 1 rings (SSSR count). The van der Waals surface area contributed by atoms with E-state index in [2.05, 4.69) is 18.8 Å². The van der Waals surface area contributed by atoms with Crippen LogP contribution in [0.1, 0.15) is 37.8 Å².